The number of carbonyl (C=O) groups excluding carboxylic acids is 3. The molecule has 0 aromatic heterocycles. The van der Waals surface area contributed by atoms with E-state index in [4.69, 9.17) is 5.26 Å². The zero-order valence-corrected chi connectivity index (χ0v) is 16.8. The van der Waals surface area contributed by atoms with Gasteiger partial charge >= 0.3 is 0 Å². The summed E-state index contributed by atoms with van der Waals surface area (Å²) in [7, 11) is 0. The summed E-state index contributed by atoms with van der Waals surface area (Å²) in [5.41, 5.74) is 1.38. The summed E-state index contributed by atoms with van der Waals surface area (Å²) < 4.78 is 0. The Morgan fingerprint density at radius 3 is 1.82 bits per heavy atom. The summed E-state index contributed by atoms with van der Waals surface area (Å²) in [6.45, 7) is 8.31. The smallest absolute Gasteiger partial charge is 0.160 e. The summed E-state index contributed by atoms with van der Waals surface area (Å²) in [5.74, 6) is -1.98. The number of ketones is 3. The molecule has 0 bridgehead atoms. The van der Waals surface area contributed by atoms with Gasteiger partial charge in [0.2, 0.25) is 0 Å². The molecular weight excluding hydrogens is 350 g/mol. The lowest BCUT2D eigenvalue weighted by Gasteiger charge is -2.41. The molecule has 142 valence electrons. The first kappa shape index (κ1) is 19.7. The lowest BCUT2D eigenvalue weighted by Crippen LogP contribution is -2.56. The fourth-order valence-corrected chi connectivity index (χ4v) is 4.00. The fourth-order valence-electron chi connectivity index (χ4n) is 4.00. The summed E-state index contributed by atoms with van der Waals surface area (Å²) in [5, 5.41) is 8.98. The van der Waals surface area contributed by atoms with Gasteiger partial charge in [-0.15, -0.1) is 0 Å². The van der Waals surface area contributed by atoms with Crippen molar-refractivity contribution in [1.29, 1.82) is 5.26 Å². The summed E-state index contributed by atoms with van der Waals surface area (Å²) in [6.07, 6.45) is 0. The van der Waals surface area contributed by atoms with Gasteiger partial charge < -0.3 is 0 Å². The van der Waals surface area contributed by atoms with E-state index in [2.05, 4.69) is 6.07 Å². The van der Waals surface area contributed by atoms with Gasteiger partial charge in [-0.25, -0.2) is 0 Å². The van der Waals surface area contributed by atoms with Crippen molar-refractivity contribution in [3.8, 4) is 17.2 Å². The number of benzene rings is 2. The van der Waals surface area contributed by atoms with Crippen LogP contribution in [0.1, 0.15) is 50.3 Å². The van der Waals surface area contributed by atoms with Crippen molar-refractivity contribution in [3.63, 3.8) is 0 Å². The molecular formula is C24H23NO3. The second kappa shape index (κ2) is 6.53. The lowest BCUT2D eigenvalue weighted by molar-refractivity contribution is -0.157. The normalized spacial score (nSPS) is 18.8. The highest BCUT2D eigenvalue weighted by Gasteiger charge is 2.58. The third-order valence-electron chi connectivity index (χ3n) is 5.83. The number of hydrogen-bond donors (Lipinski definition) is 0. The molecule has 0 heterocycles. The maximum Gasteiger partial charge on any atom is 0.160 e. The van der Waals surface area contributed by atoms with Crippen molar-refractivity contribution < 1.29 is 14.4 Å². The van der Waals surface area contributed by atoms with Crippen molar-refractivity contribution in [1.82, 2.24) is 0 Å². The molecule has 0 atom stereocenters. The second-order valence-electron chi connectivity index (χ2n) is 8.50. The zero-order valence-electron chi connectivity index (χ0n) is 16.8. The van der Waals surface area contributed by atoms with Crippen LogP contribution in [0.2, 0.25) is 0 Å². The summed E-state index contributed by atoms with van der Waals surface area (Å²) in [4.78, 5) is 39.1. The molecule has 0 unspecified atom stereocenters. The molecule has 1 aliphatic rings. The molecule has 0 spiro atoms. The topological polar surface area (TPSA) is 75.0 Å². The molecule has 4 heteroatoms. The third kappa shape index (κ3) is 2.88. The van der Waals surface area contributed by atoms with Gasteiger partial charge in [-0.2, -0.15) is 5.26 Å². The van der Waals surface area contributed by atoms with Gasteiger partial charge in [0, 0.05) is 0 Å². The average Bonchev–Trinajstić information content (AvgIpc) is 2.67. The Labute approximate surface area is 165 Å². The number of nitrogens with zero attached hydrogens (tertiary/aromatic N) is 1. The molecule has 2 aromatic rings. The number of carbonyl (C=O) groups is 3. The molecule has 0 N–H and O–H groups in total. The minimum atomic E-state index is -1.21. The predicted octanol–water partition coefficient (Wildman–Crippen LogP) is 4.39. The first-order chi connectivity index (χ1) is 13.0. The molecule has 0 amide bonds. The van der Waals surface area contributed by atoms with Crippen LogP contribution in [-0.2, 0) is 14.4 Å². The van der Waals surface area contributed by atoms with Crippen LogP contribution in [0.25, 0.3) is 11.1 Å². The second-order valence-corrected chi connectivity index (χ2v) is 8.50. The highest BCUT2D eigenvalue weighted by Crippen LogP contribution is 2.45. The third-order valence-corrected chi connectivity index (χ3v) is 5.83. The molecule has 28 heavy (non-hydrogen) atoms. The van der Waals surface area contributed by atoms with Crippen LogP contribution in [0, 0.1) is 29.1 Å². The SMILES string of the molecule is Cc1ccc(-c2ccc(C#N)cc2)cc1C1C(=O)C(C)(C)C(=O)C(C)(C)C1=O. The Morgan fingerprint density at radius 2 is 1.32 bits per heavy atom. The molecule has 1 saturated carbocycles. The van der Waals surface area contributed by atoms with Gasteiger partial charge in [-0.1, -0.05) is 24.3 Å². The molecule has 0 radical (unpaired) electrons. The Morgan fingerprint density at radius 1 is 0.821 bits per heavy atom. The van der Waals surface area contributed by atoms with E-state index in [1.54, 1.807) is 39.8 Å². The van der Waals surface area contributed by atoms with E-state index in [1.165, 1.54) is 0 Å². The number of aryl methyl sites for hydroxylation is 1. The van der Waals surface area contributed by atoms with Crippen molar-refractivity contribution >= 4 is 17.3 Å². The molecule has 3 rings (SSSR count). The van der Waals surface area contributed by atoms with Crippen LogP contribution in [0.15, 0.2) is 42.5 Å². The Kier molecular flexibility index (Phi) is 4.59. The minimum absolute atomic E-state index is 0.327. The predicted molar refractivity (Wildman–Crippen MR) is 107 cm³/mol. The van der Waals surface area contributed by atoms with Gasteiger partial charge in [0.15, 0.2) is 17.3 Å². The van der Waals surface area contributed by atoms with Crippen LogP contribution in [-0.4, -0.2) is 17.3 Å². The van der Waals surface area contributed by atoms with E-state index in [0.29, 0.717) is 11.1 Å². The zero-order chi connectivity index (χ0) is 20.9. The van der Waals surface area contributed by atoms with Crippen LogP contribution in [0.4, 0.5) is 0 Å². The first-order valence-electron chi connectivity index (χ1n) is 9.26. The van der Waals surface area contributed by atoms with Gasteiger partial charge in [-0.05, 0) is 75.1 Å². The quantitative estimate of drug-likeness (QED) is 0.732. The van der Waals surface area contributed by atoms with E-state index in [1.807, 2.05) is 37.3 Å². The maximum absolute atomic E-state index is 13.2. The minimum Gasteiger partial charge on any atom is -0.298 e. The van der Waals surface area contributed by atoms with E-state index < -0.39 is 16.7 Å². The van der Waals surface area contributed by atoms with E-state index in [9.17, 15) is 14.4 Å². The summed E-state index contributed by atoms with van der Waals surface area (Å²) in [6, 6.07) is 14.9. The number of rotatable bonds is 2. The monoisotopic (exact) mass is 373 g/mol. The van der Waals surface area contributed by atoms with Crippen molar-refractivity contribution in [2.75, 3.05) is 0 Å². The molecule has 1 fully saturated rings. The number of nitriles is 1. The van der Waals surface area contributed by atoms with E-state index in [-0.39, 0.29) is 17.3 Å². The fraction of sp³-hybridized carbons (Fsp3) is 0.333. The van der Waals surface area contributed by atoms with Crippen molar-refractivity contribution in [2.45, 2.75) is 40.5 Å². The molecule has 2 aromatic carbocycles. The van der Waals surface area contributed by atoms with Crippen LogP contribution >= 0.6 is 0 Å². The standard InChI is InChI=1S/C24H23NO3/c1-14-6-9-17(16-10-7-15(13-25)8-11-16)12-18(14)19-20(26)23(2,3)22(28)24(4,5)21(19)27/h6-12,19H,1-5H3. The Balaban J connectivity index is 2.14. The molecule has 1 aliphatic carbocycles. The highest BCUT2D eigenvalue weighted by molar-refractivity contribution is 6.30. The van der Waals surface area contributed by atoms with Crippen LogP contribution in [0.5, 0.6) is 0 Å². The average molecular weight is 373 g/mol. The van der Waals surface area contributed by atoms with Gasteiger partial charge in [0.25, 0.3) is 0 Å². The van der Waals surface area contributed by atoms with E-state index in [0.717, 1.165) is 16.7 Å². The number of Topliss-reactive ketones (excluding diaryl/α,β-unsaturated/α-hetero) is 3. The van der Waals surface area contributed by atoms with Gasteiger partial charge in [-0.3, -0.25) is 14.4 Å². The highest BCUT2D eigenvalue weighted by atomic mass is 16.2. The van der Waals surface area contributed by atoms with Gasteiger partial charge in [0.05, 0.1) is 22.5 Å². The van der Waals surface area contributed by atoms with Gasteiger partial charge in [0.1, 0.15) is 5.92 Å². The Hall–Kier alpha value is -3.06. The largest absolute Gasteiger partial charge is 0.298 e. The first-order valence-corrected chi connectivity index (χ1v) is 9.26. The van der Waals surface area contributed by atoms with Crippen molar-refractivity contribution in [2.24, 2.45) is 10.8 Å². The van der Waals surface area contributed by atoms with Crippen LogP contribution < -0.4 is 0 Å². The number of hydrogen-bond acceptors (Lipinski definition) is 4. The van der Waals surface area contributed by atoms with E-state index >= 15 is 0 Å². The van der Waals surface area contributed by atoms with Crippen molar-refractivity contribution in [3.05, 3.63) is 59.2 Å². The molecule has 4 nitrogen and oxygen atoms in total. The summed E-state index contributed by atoms with van der Waals surface area (Å²) >= 11 is 0. The maximum atomic E-state index is 13.2. The Bertz CT molecular complexity index is 1010. The lowest BCUT2D eigenvalue weighted by atomic mass is 9.57. The molecule has 0 aliphatic heterocycles. The van der Waals surface area contributed by atoms with Crippen LogP contribution in [0.3, 0.4) is 0 Å². The molecule has 0 saturated heterocycles.